The highest BCUT2D eigenvalue weighted by Crippen LogP contribution is 2.27. The number of benzene rings is 2. The van der Waals surface area contributed by atoms with Crippen molar-refractivity contribution in [3.8, 4) is 28.8 Å². The first-order chi connectivity index (χ1) is 15.6. The quantitative estimate of drug-likeness (QED) is 0.405. The number of nitrogens with zero attached hydrogens (tertiary/aromatic N) is 4. The summed E-state index contributed by atoms with van der Waals surface area (Å²) in [6.07, 6.45) is 0. The first-order valence-corrected chi connectivity index (χ1v) is 10.1. The highest BCUT2D eigenvalue weighted by atomic mass is 16.5. The Morgan fingerprint density at radius 3 is 2.66 bits per heavy atom. The molecule has 9 heteroatoms. The molecule has 0 spiro atoms. The molecule has 1 N–H and O–H groups in total. The van der Waals surface area contributed by atoms with Crippen molar-refractivity contribution in [1.29, 1.82) is 0 Å². The molecule has 2 heterocycles. The average molecular weight is 433 g/mol. The van der Waals surface area contributed by atoms with Crippen molar-refractivity contribution in [2.24, 2.45) is 0 Å². The summed E-state index contributed by atoms with van der Waals surface area (Å²) in [6.45, 7) is 2.39. The molecule has 0 unspecified atom stereocenters. The van der Waals surface area contributed by atoms with Gasteiger partial charge in [0.15, 0.2) is 29.6 Å². The average Bonchev–Trinajstić information content (AvgIpc) is 3.25. The molecule has 4 aromatic rings. The molecule has 0 saturated heterocycles. The van der Waals surface area contributed by atoms with Crippen LogP contribution in [0.15, 0.2) is 60.7 Å². The second kappa shape index (κ2) is 9.78. The van der Waals surface area contributed by atoms with Gasteiger partial charge in [0.2, 0.25) is 5.88 Å². The van der Waals surface area contributed by atoms with Crippen LogP contribution in [0.1, 0.15) is 5.56 Å². The maximum atomic E-state index is 12.1. The normalized spacial score (nSPS) is 10.7. The standard InChI is InChI=1S/C23H23N5O4/c1-16-8-9-18(19(14-16)30-2)32-15-21(29)24-12-13-31-22-11-10-20-25-26-23(28(20)27-22)17-6-4-3-5-7-17/h3-11,14H,12-13,15H2,1-2H3,(H,24,29). The number of hydrogen-bond acceptors (Lipinski definition) is 7. The molecule has 9 nitrogen and oxygen atoms in total. The van der Waals surface area contributed by atoms with Crippen LogP contribution in [-0.4, -0.2) is 52.6 Å². The minimum atomic E-state index is -0.259. The van der Waals surface area contributed by atoms with Crippen molar-refractivity contribution < 1.29 is 19.0 Å². The lowest BCUT2D eigenvalue weighted by Gasteiger charge is -2.11. The lowest BCUT2D eigenvalue weighted by Crippen LogP contribution is -2.32. The van der Waals surface area contributed by atoms with E-state index in [0.717, 1.165) is 11.1 Å². The van der Waals surface area contributed by atoms with Crippen LogP contribution in [0.3, 0.4) is 0 Å². The van der Waals surface area contributed by atoms with E-state index in [1.807, 2.05) is 49.4 Å². The van der Waals surface area contributed by atoms with E-state index in [-0.39, 0.29) is 19.1 Å². The Labute approximate surface area is 185 Å². The Kier molecular flexibility index (Phi) is 6.45. The van der Waals surface area contributed by atoms with E-state index >= 15 is 0 Å². The van der Waals surface area contributed by atoms with Crippen molar-refractivity contribution in [1.82, 2.24) is 25.1 Å². The summed E-state index contributed by atoms with van der Waals surface area (Å²) in [7, 11) is 1.56. The number of carbonyl (C=O) groups excluding carboxylic acids is 1. The third-order valence-corrected chi connectivity index (χ3v) is 4.62. The van der Waals surface area contributed by atoms with Crippen molar-refractivity contribution in [2.75, 3.05) is 26.9 Å². The maximum Gasteiger partial charge on any atom is 0.258 e. The number of methoxy groups -OCH3 is 1. The maximum absolute atomic E-state index is 12.1. The molecule has 1 amide bonds. The number of carbonyl (C=O) groups is 1. The zero-order valence-corrected chi connectivity index (χ0v) is 17.8. The largest absolute Gasteiger partial charge is 0.493 e. The fraction of sp³-hybridized carbons (Fsp3) is 0.217. The SMILES string of the molecule is COc1cc(C)ccc1OCC(=O)NCCOc1ccc2nnc(-c3ccccc3)n2n1. The molecule has 2 aromatic heterocycles. The molecule has 0 saturated carbocycles. The summed E-state index contributed by atoms with van der Waals surface area (Å²) in [5.41, 5.74) is 2.57. The van der Waals surface area contributed by atoms with Crippen molar-refractivity contribution >= 4 is 11.6 Å². The molecule has 2 aromatic carbocycles. The van der Waals surface area contributed by atoms with Crippen LogP contribution in [-0.2, 0) is 4.79 Å². The highest BCUT2D eigenvalue weighted by molar-refractivity contribution is 5.77. The van der Waals surface area contributed by atoms with E-state index in [4.69, 9.17) is 14.2 Å². The molecule has 0 bridgehead atoms. The highest BCUT2D eigenvalue weighted by Gasteiger charge is 2.11. The Morgan fingerprint density at radius 1 is 1.00 bits per heavy atom. The fourth-order valence-corrected chi connectivity index (χ4v) is 3.05. The van der Waals surface area contributed by atoms with E-state index in [2.05, 4.69) is 20.6 Å². The van der Waals surface area contributed by atoms with Gasteiger partial charge in [0.1, 0.15) is 6.61 Å². The number of rotatable bonds is 9. The van der Waals surface area contributed by atoms with Crippen LogP contribution in [0.25, 0.3) is 17.0 Å². The van der Waals surface area contributed by atoms with Crippen LogP contribution in [0.2, 0.25) is 0 Å². The van der Waals surface area contributed by atoms with Crippen LogP contribution in [0, 0.1) is 6.92 Å². The number of fused-ring (bicyclic) bond motifs is 1. The number of amides is 1. The van der Waals surface area contributed by atoms with Gasteiger partial charge in [-0.05, 0) is 30.7 Å². The summed E-state index contributed by atoms with van der Waals surface area (Å²) in [6, 6.07) is 18.7. The zero-order chi connectivity index (χ0) is 22.3. The Morgan fingerprint density at radius 2 is 1.84 bits per heavy atom. The Bertz CT molecular complexity index is 1210. The number of aryl methyl sites for hydroxylation is 1. The molecule has 0 radical (unpaired) electrons. The van der Waals surface area contributed by atoms with E-state index in [1.54, 1.807) is 29.8 Å². The van der Waals surface area contributed by atoms with Crippen LogP contribution in [0.4, 0.5) is 0 Å². The molecule has 0 aliphatic rings. The molecular weight excluding hydrogens is 410 g/mol. The van der Waals surface area contributed by atoms with Gasteiger partial charge in [-0.3, -0.25) is 4.79 Å². The van der Waals surface area contributed by atoms with Gasteiger partial charge in [-0.15, -0.1) is 15.3 Å². The molecule has 0 aliphatic heterocycles. The van der Waals surface area contributed by atoms with Crippen LogP contribution >= 0.6 is 0 Å². The van der Waals surface area contributed by atoms with Gasteiger partial charge in [0, 0.05) is 11.6 Å². The summed E-state index contributed by atoms with van der Waals surface area (Å²) < 4.78 is 18.1. The second-order valence-corrected chi connectivity index (χ2v) is 6.97. The molecule has 32 heavy (non-hydrogen) atoms. The predicted octanol–water partition coefficient (Wildman–Crippen LogP) is 2.68. The van der Waals surface area contributed by atoms with E-state index in [0.29, 0.717) is 35.4 Å². The van der Waals surface area contributed by atoms with Gasteiger partial charge in [0.05, 0.1) is 13.7 Å². The summed E-state index contributed by atoms with van der Waals surface area (Å²) in [4.78, 5) is 12.1. The third-order valence-electron chi connectivity index (χ3n) is 4.62. The van der Waals surface area contributed by atoms with Gasteiger partial charge >= 0.3 is 0 Å². The Balaban J connectivity index is 1.28. The minimum Gasteiger partial charge on any atom is -0.493 e. The van der Waals surface area contributed by atoms with Gasteiger partial charge in [-0.1, -0.05) is 36.4 Å². The van der Waals surface area contributed by atoms with E-state index in [9.17, 15) is 4.79 Å². The summed E-state index contributed by atoms with van der Waals surface area (Å²) >= 11 is 0. The number of aromatic nitrogens is 4. The van der Waals surface area contributed by atoms with Gasteiger partial charge in [-0.2, -0.15) is 4.52 Å². The smallest absolute Gasteiger partial charge is 0.258 e. The molecule has 0 aliphatic carbocycles. The lowest BCUT2D eigenvalue weighted by atomic mass is 10.2. The first-order valence-electron chi connectivity index (χ1n) is 10.1. The van der Waals surface area contributed by atoms with E-state index in [1.165, 1.54) is 0 Å². The molecule has 0 atom stereocenters. The molecule has 4 rings (SSSR count). The molecular formula is C23H23N5O4. The predicted molar refractivity (Wildman–Crippen MR) is 118 cm³/mol. The van der Waals surface area contributed by atoms with Gasteiger partial charge in [-0.25, -0.2) is 0 Å². The van der Waals surface area contributed by atoms with Crippen molar-refractivity contribution in [3.05, 3.63) is 66.2 Å². The van der Waals surface area contributed by atoms with Gasteiger partial charge < -0.3 is 19.5 Å². The lowest BCUT2D eigenvalue weighted by molar-refractivity contribution is -0.123. The Hall–Kier alpha value is -4.14. The van der Waals surface area contributed by atoms with Crippen molar-refractivity contribution in [2.45, 2.75) is 6.92 Å². The minimum absolute atomic E-state index is 0.120. The topological polar surface area (TPSA) is 99.9 Å². The zero-order valence-electron chi connectivity index (χ0n) is 17.8. The number of hydrogen-bond donors (Lipinski definition) is 1. The number of nitrogens with one attached hydrogen (secondary N) is 1. The second-order valence-electron chi connectivity index (χ2n) is 6.97. The van der Waals surface area contributed by atoms with Crippen molar-refractivity contribution in [3.63, 3.8) is 0 Å². The van der Waals surface area contributed by atoms with Crippen LogP contribution in [0.5, 0.6) is 17.4 Å². The fourth-order valence-electron chi connectivity index (χ4n) is 3.05. The summed E-state index contributed by atoms with van der Waals surface area (Å²) in [5, 5.41) is 15.5. The first kappa shape index (κ1) is 21.1. The summed E-state index contributed by atoms with van der Waals surface area (Å²) in [5.74, 6) is 1.88. The van der Waals surface area contributed by atoms with E-state index < -0.39 is 0 Å². The monoisotopic (exact) mass is 433 g/mol. The van der Waals surface area contributed by atoms with Crippen LogP contribution < -0.4 is 19.5 Å². The van der Waals surface area contributed by atoms with Gasteiger partial charge in [0.25, 0.3) is 5.91 Å². The third kappa shape index (κ3) is 4.94. The molecule has 0 fully saturated rings. The molecule has 164 valence electrons. The number of ether oxygens (including phenoxy) is 3.